The third-order valence-corrected chi connectivity index (χ3v) is 3.13. The number of carbonyl (C=O) groups excluding carboxylic acids is 1. The first kappa shape index (κ1) is 13.4. The first-order valence-corrected chi connectivity index (χ1v) is 6.57. The molecular weight excluding hydrogens is 315 g/mol. The zero-order chi connectivity index (χ0) is 11.8. The number of carbonyl (C=O) groups is 1. The molecule has 0 heterocycles. The summed E-state index contributed by atoms with van der Waals surface area (Å²) in [6.45, 7) is 4.72. The van der Waals surface area contributed by atoms with Crippen molar-refractivity contribution in [2.45, 2.75) is 13.3 Å². The first-order valence-electron chi connectivity index (χ1n) is 5.49. The van der Waals surface area contributed by atoms with Crippen molar-refractivity contribution in [3.8, 4) is 0 Å². The lowest BCUT2D eigenvalue weighted by atomic mass is 10.2. The van der Waals surface area contributed by atoms with Gasteiger partial charge in [-0.15, -0.1) is 0 Å². The van der Waals surface area contributed by atoms with Crippen molar-refractivity contribution in [2.75, 3.05) is 19.6 Å². The first-order chi connectivity index (χ1) is 7.75. The van der Waals surface area contributed by atoms with Crippen molar-refractivity contribution in [3.05, 3.63) is 33.4 Å². The van der Waals surface area contributed by atoms with Gasteiger partial charge in [0.05, 0.1) is 5.56 Å². The monoisotopic (exact) mass is 332 g/mol. The van der Waals surface area contributed by atoms with Gasteiger partial charge in [0.2, 0.25) is 0 Å². The summed E-state index contributed by atoms with van der Waals surface area (Å²) < 4.78 is 0.990. The molecule has 0 aliphatic heterocycles. The van der Waals surface area contributed by atoms with Crippen LogP contribution in [0.1, 0.15) is 23.7 Å². The molecule has 0 radical (unpaired) electrons. The Morgan fingerprint density at radius 3 is 2.75 bits per heavy atom. The number of benzene rings is 1. The highest BCUT2D eigenvalue weighted by atomic mass is 127. The van der Waals surface area contributed by atoms with Crippen LogP contribution in [0, 0.1) is 3.57 Å². The van der Waals surface area contributed by atoms with Gasteiger partial charge in [0, 0.05) is 10.1 Å². The highest BCUT2D eigenvalue weighted by molar-refractivity contribution is 14.1. The molecule has 0 aromatic heterocycles. The van der Waals surface area contributed by atoms with Crippen LogP contribution < -0.4 is 10.6 Å². The van der Waals surface area contributed by atoms with Gasteiger partial charge in [-0.3, -0.25) is 4.79 Å². The fraction of sp³-hybridized carbons (Fsp3) is 0.417. The Balaban J connectivity index is 2.33. The van der Waals surface area contributed by atoms with E-state index in [1.54, 1.807) is 0 Å². The van der Waals surface area contributed by atoms with Gasteiger partial charge < -0.3 is 10.6 Å². The van der Waals surface area contributed by atoms with E-state index >= 15 is 0 Å². The van der Waals surface area contributed by atoms with Gasteiger partial charge in [0.1, 0.15) is 0 Å². The molecule has 0 aliphatic carbocycles. The Morgan fingerprint density at radius 2 is 2.06 bits per heavy atom. The Bertz CT molecular complexity index is 342. The highest BCUT2D eigenvalue weighted by Crippen LogP contribution is 2.10. The third kappa shape index (κ3) is 4.49. The minimum Gasteiger partial charge on any atom is -0.352 e. The molecule has 0 aliphatic rings. The van der Waals surface area contributed by atoms with Crippen LogP contribution in [0.15, 0.2) is 24.3 Å². The lowest BCUT2D eigenvalue weighted by Crippen LogP contribution is -2.27. The van der Waals surface area contributed by atoms with Crippen molar-refractivity contribution in [1.29, 1.82) is 0 Å². The Morgan fingerprint density at radius 1 is 1.31 bits per heavy atom. The Labute approximate surface area is 110 Å². The van der Waals surface area contributed by atoms with Crippen LogP contribution >= 0.6 is 22.6 Å². The van der Waals surface area contributed by atoms with E-state index < -0.39 is 0 Å². The van der Waals surface area contributed by atoms with E-state index in [1.807, 2.05) is 24.3 Å². The minimum atomic E-state index is 0.0153. The molecule has 0 atom stereocenters. The summed E-state index contributed by atoms with van der Waals surface area (Å²) in [4.78, 5) is 11.8. The molecule has 0 spiro atoms. The standard InChI is InChI=1S/C12H17IN2O/c1-2-14-8-5-9-15-12(16)10-6-3-4-7-11(10)13/h3-4,6-7,14H,2,5,8-9H2,1H3,(H,15,16). The molecule has 88 valence electrons. The van der Waals surface area contributed by atoms with Gasteiger partial charge in [-0.1, -0.05) is 19.1 Å². The number of hydrogen-bond donors (Lipinski definition) is 2. The summed E-state index contributed by atoms with van der Waals surface area (Å²) in [7, 11) is 0. The molecule has 2 N–H and O–H groups in total. The van der Waals surface area contributed by atoms with Crippen LogP contribution in [-0.4, -0.2) is 25.5 Å². The quantitative estimate of drug-likeness (QED) is 0.618. The Hall–Kier alpha value is -0.620. The van der Waals surface area contributed by atoms with E-state index in [0.29, 0.717) is 0 Å². The number of amides is 1. The molecule has 0 saturated heterocycles. The summed E-state index contributed by atoms with van der Waals surface area (Å²) in [5.41, 5.74) is 0.756. The number of rotatable bonds is 6. The second kappa shape index (κ2) is 7.62. The molecule has 1 rings (SSSR count). The molecule has 1 aromatic rings. The normalized spacial score (nSPS) is 10.1. The van der Waals surface area contributed by atoms with E-state index in [2.05, 4.69) is 40.1 Å². The number of nitrogens with one attached hydrogen (secondary N) is 2. The smallest absolute Gasteiger partial charge is 0.252 e. The van der Waals surface area contributed by atoms with E-state index in [9.17, 15) is 4.79 Å². The topological polar surface area (TPSA) is 41.1 Å². The van der Waals surface area contributed by atoms with E-state index in [0.717, 1.165) is 35.2 Å². The molecule has 0 bridgehead atoms. The van der Waals surface area contributed by atoms with Crippen molar-refractivity contribution in [1.82, 2.24) is 10.6 Å². The maximum Gasteiger partial charge on any atom is 0.252 e. The van der Waals surface area contributed by atoms with Crippen LogP contribution in [0.25, 0.3) is 0 Å². The molecular formula is C12H17IN2O. The fourth-order valence-electron chi connectivity index (χ4n) is 1.33. The van der Waals surface area contributed by atoms with Crippen LogP contribution in [0.3, 0.4) is 0 Å². The summed E-state index contributed by atoms with van der Waals surface area (Å²) >= 11 is 2.18. The second-order valence-corrected chi connectivity index (χ2v) is 4.61. The largest absolute Gasteiger partial charge is 0.352 e. The molecule has 16 heavy (non-hydrogen) atoms. The summed E-state index contributed by atoms with van der Waals surface area (Å²) in [5, 5.41) is 6.14. The van der Waals surface area contributed by atoms with Gasteiger partial charge in [0.15, 0.2) is 0 Å². The molecule has 1 amide bonds. The van der Waals surface area contributed by atoms with Gasteiger partial charge >= 0.3 is 0 Å². The minimum absolute atomic E-state index is 0.0153. The van der Waals surface area contributed by atoms with Crippen LogP contribution in [-0.2, 0) is 0 Å². The summed E-state index contributed by atoms with van der Waals surface area (Å²) in [6.07, 6.45) is 0.961. The SMILES string of the molecule is CCNCCCNC(=O)c1ccccc1I. The zero-order valence-electron chi connectivity index (χ0n) is 9.42. The van der Waals surface area contributed by atoms with Crippen molar-refractivity contribution >= 4 is 28.5 Å². The zero-order valence-corrected chi connectivity index (χ0v) is 11.6. The molecule has 3 nitrogen and oxygen atoms in total. The average molecular weight is 332 g/mol. The molecule has 0 saturated carbocycles. The predicted octanol–water partition coefficient (Wildman–Crippen LogP) is 2.02. The predicted molar refractivity (Wildman–Crippen MR) is 74.7 cm³/mol. The van der Waals surface area contributed by atoms with Gasteiger partial charge in [-0.2, -0.15) is 0 Å². The highest BCUT2D eigenvalue weighted by Gasteiger charge is 2.07. The van der Waals surface area contributed by atoms with Crippen LogP contribution in [0.5, 0.6) is 0 Å². The molecule has 0 fully saturated rings. The number of hydrogen-bond acceptors (Lipinski definition) is 2. The average Bonchev–Trinajstić information content (AvgIpc) is 2.29. The van der Waals surface area contributed by atoms with Gasteiger partial charge in [-0.25, -0.2) is 0 Å². The van der Waals surface area contributed by atoms with Gasteiger partial charge in [-0.05, 0) is 54.2 Å². The maximum atomic E-state index is 11.8. The van der Waals surface area contributed by atoms with Gasteiger partial charge in [0.25, 0.3) is 5.91 Å². The van der Waals surface area contributed by atoms with Crippen molar-refractivity contribution in [3.63, 3.8) is 0 Å². The van der Waals surface area contributed by atoms with E-state index in [4.69, 9.17) is 0 Å². The molecule has 0 unspecified atom stereocenters. The third-order valence-electron chi connectivity index (χ3n) is 2.18. The lowest BCUT2D eigenvalue weighted by molar-refractivity contribution is 0.0952. The summed E-state index contributed by atoms with van der Waals surface area (Å²) in [6, 6.07) is 7.61. The van der Waals surface area contributed by atoms with Crippen molar-refractivity contribution < 1.29 is 4.79 Å². The molecule has 1 aromatic carbocycles. The van der Waals surface area contributed by atoms with E-state index in [1.165, 1.54) is 0 Å². The summed E-state index contributed by atoms with van der Waals surface area (Å²) in [5.74, 6) is 0.0153. The van der Waals surface area contributed by atoms with Crippen molar-refractivity contribution in [2.24, 2.45) is 0 Å². The van der Waals surface area contributed by atoms with E-state index in [-0.39, 0.29) is 5.91 Å². The molecule has 4 heteroatoms. The number of halogens is 1. The van der Waals surface area contributed by atoms with Crippen LogP contribution in [0.2, 0.25) is 0 Å². The lowest BCUT2D eigenvalue weighted by Gasteiger charge is -2.06. The van der Waals surface area contributed by atoms with Crippen LogP contribution in [0.4, 0.5) is 0 Å². The fourth-order valence-corrected chi connectivity index (χ4v) is 1.97. The Kier molecular flexibility index (Phi) is 6.40. The second-order valence-electron chi connectivity index (χ2n) is 3.44. The maximum absolute atomic E-state index is 11.8.